The molecule has 6 heteroatoms. The van der Waals surface area contributed by atoms with E-state index in [4.69, 9.17) is 16.3 Å². The summed E-state index contributed by atoms with van der Waals surface area (Å²) >= 11 is 5.78. The summed E-state index contributed by atoms with van der Waals surface area (Å²) in [4.78, 5) is 15.7. The Bertz CT molecular complexity index is 455. The molecular formula is C12H15ClN2O3. The van der Waals surface area contributed by atoms with E-state index in [1.807, 2.05) is 0 Å². The molecule has 18 heavy (non-hydrogen) atoms. The molecule has 5 nitrogen and oxygen atoms in total. The predicted octanol–water partition coefficient (Wildman–Crippen LogP) is 1.00. The molecular weight excluding hydrogens is 256 g/mol. The van der Waals surface area contributed by atoms with Crippen LogP contribution >= 0.6 is 11.6 Å². The number of ether oxygens (including phenoxy) is 1. The number of carbonyl (C=O) groups excluding carboxylic acids is 1. The Morgan fingerprint density at radius 2 is 2.56 bits per heavy atom. The Kier molecular flexibility index (Phi) is 3.85. The lowest BCUT2D eigenvalue weighted by Gasteiger charge is -2.25. The lowest BCUT2D eigenvalue weighted by atomic mass is 9.97. The van der Waals surface area contributed by atoms with Gasteiger partial charge >= 0.3 is 0 Å². The Hall–Kier alpha value is -1.17. The summed E-state index contributed by atoms with van der Waals surface area (Å²) in [5, 5.41) is 13.3. The van der Waals surface area contributed by atoms with Crippen molar-refractivity contribution in [1.82, 2.24) is 10.3 Å². The largest absolute Gasteiger partial charge is 0.385 e. The van der Waals surface area contributed by atoms with Gasteiger partial charge in [-0.2, -0.15) is 0 Å². The molecule has 1 saturated heterocycles. The second kappa shape index (κ2) is 5.22. The number of halogens is 1. The average Bonchev–Trinajstić information content (AvgIpc) is 2.67. The van der Waals surface area contributed by atoms with Crippen LogP contribution in [0.2, 0.25) is 5.02 Å². The third-order valence-corrected chi connectivity index (χ3v) is 3.40. The highest BCUT2D eigenvalue weighted by molar-refractivity contribution is 6.30. The molecule has 0 bridgehead atoms. The maximum absolute atomic E-state index is 11.8. The first-order valence-electron chi connectivity index (χ1n) is 5.75. The highest BCUT2D eigenvalue weighted by atomic mass is 35.5. The number of rotatable bonds is 3. The van der Waals surface area contributed by atoms with Crippen molar-refractivity contribution < 1.29 is 14.6 Å². The van der Waals surface area contributed by atoms with Crippen molar-refractivity contribution in [2.24, 2.45) is 0 Å². The van der Waals surface area contributed by atoms with Crippen LogP contribution in [0.5, 0.6) is 0 Å². The Labute approximate surface area is 110 Å². The van der Waals surface area contributed by atoms with Crippen LogP contribution in [0.15, 0.2) is 18.3 Å². The minimum absolute atomic E-state index is 0.140. The first-order chi connectivity index (χ1) is 8.51. The predicted molar refractivity (Wildman–Crippen MR) is 66.6 cm³/mol. The van der Waals surface area contributed by atoms with Crippen LogP contribution in [0.3, 0.4) is 0 Å². The summed E-state index contributed by atoms with van der Waals surface area (Å²) in [5.41, 5.74) is -0.772. The van der Waals surface area contributed by atoms with Gasteiger partial charge in [-0.15, -0.1) is 0 Å². The van der Waals surface area contributed by atoms with Crippen LogP contribution < -0.4 is 5.32 Å². The number of pyridine rings is 1. The van der Waals surface area contributed by atoms with E-state index in [1.165, 1.54) is 12.3 Å². The van der Waals surface area contributed by atoms with Crippen LogP contribution in [-0.2, 0) is 4.74 Å². The van der Waals surface area contributed by atoms with Gasteiger partial charge in [-0.05, 0) is 19.1 Å². The smallest absolute Gasteiger partial charge is 0.270 e. The number of carbonyl (C=O) groups is 1. The van der Waals surface area contributed by atoms with E-state index in [-0.39, 0.29) is 24.2 Å². The van der Waals surface area contributed by atoms with Gasteiger partial charge in [0.05, 0.1) is 6.10 Å². The van der Waals surface area contributed by atoms with Crippen molar-refractivity contribution in [2.45, 2.75) is 25.0 Å². The van der Waals surface area contributed by atoms with Crippen LogP contribution in [0.25, 0.3) is 0 Å². The Morgan fingerprint density at radius 3 is 3.17 bits per heavy atom. The molecule has 0 aromatic carbocycles. The minimum Gasteiger partial charge on any atom is -0.385 e. The molecule has 1 amide bonds. The van der Waals surface area contributed by atoms with E-state index in [0.29, 0.717) is 18.1 Å². The molecule has 2 unspecified atom stereocenters. The van der Waals surface area contributed by atoms with E-state index in [9.17, 15) is 9.90 Å². The van der Waals surface area contributed by atoms with Gasteiger partial charge in [0, 0.05) is 30.8 Å². The molecule has 1 aliphatic heterocycles. The first kappa shape index (κ1) is 13.3. The van der Waals surface area contributed by atoms with Crippen LogP contribution in [0.4, 0.5) is 0 Å². The molecule has 2 heterocycles. The average molecular weight is 271 g/mol. The quantitative estimate of drug-likeness (QED) is 0.860. The van der Waals surface area contributed by atoms with Gasteiger partial charge in [0.15, 0.2) is 0 Å². The van der Waals surface area contributed by atoms with Gasteiger partial charge in [0.25, 0.3) is 5.91 Å². The van der Waals surface area contributed by atoms with Crippen molar-refractivity contribution in [3.05, 3.63) is 29.0 Å². The third kappa shape index (κ3) is 2.80. The summed E-state index contributed by atoms with van der Waals surface area (Å²) in [7, 11) is 0. The molecule has 2 N–H and O–H groups in total. The highest BCUT2D eigenvalue weighted by Gasteiger charge is 2.39. The van der Waals surface area contributed by atoms with E-state index < -0.39 is 5.60 Å². The zero-order chi connectivity index (χ0) is 13.2. The van der Waals surface area contributed by atoms with E-state index in [1.54, 1.807) is 13.0 Å². The number of hydrogen-bond acceptors (Lipinski definition) is 4. The molecule has 1 aromatic rings. The van der Waals surface area contributed by atoms with E-state index >= 15 is 0 Å². The topological polar surface area (TPSA) is 71.5 Å². The van der Waals surface area contributed by atoms with Gasteiger partial charge in [0.2, 0.25) is 0 Å². The lowest BCUT2D eigenvalue weighted by molar-refractivity contribution is -0.0252. The maximum atomic E-state index is 11.8. The summed E-state index contributed by atoms with van der Waals surface area (Å²) in [5.74, 6) is -0.356. The molecule has 1 aliphatic rings. The second-order valence-electron chi connectivity index (χ2n) is 4.41. The number of aromatic nitrogens is 1. The molecule has 1 aromatic heterocycles. The molecule has 0 aliphatic carbocycles. The lowest BCUT2D eigenvalue weighted by Crippen LogP contribution is -2.47. The molecule has 0 radical (unpaired) electrons. The number of hydrogen-bond donors (Lipinski definition) is 2. The zero-order valence-electron chi connectivity index (χ0n) is 10.0. The molecule has 0 spiro atoms. The molecule has 2 atom stereocenters. The molecule has 98 valence electrons. The summed E-state index contributed by atoms with van der Waals surface area (Å²) < 4.78 is 5.29. The summed E-state index contributed by atoms with van der Waals surface area (Å²) in [6.45, 7) is 2.43. The SMILES string of the molecule is CC1OCCC1(O)CNC(=O)c1cc(Cl)ccn1. The van der Waals surface area contributed by atoms with Crippen molar-refractivity contribution >= 4 is 17.5 Å². The van der Waals surface area contributed by atoms with Crippen molar-refractivity contribution in [3.8, 4) is 0 Å². The minimum atomic E-state index is -1.01. The van der Waals surface area contributed by atoms with Crippen molar-refractivity contribution in [2.75, 3.05) is 13.2 Å². The van der Waals surface area contributed by atoms with Gasteiger partial charge in [-0.1, -0.05) is 11.6 Å². The first-order valence-corrected chi connectivity index (χ1v) is 6.13. The molecule has 2 rings (SSSR count). The summed E-state index contributed by atoms with van der Waals surface area (Å²) in [6.07, 6.45) is 1.69. The van der Waals surface area contributed by atoms with Crippen LogP contribution in [0, 0.1) is 0 Å². The highest BCUT2D eigenvalue weighted by Crippen LogP contribution is 2.24. The van der Waals surface area contributed by atoms with Gasteiger partial charge < -0.3 is 15.2 Å². The normalized spacial score (nSPS) is 27.2. The summed E-state index contributed by atoms with van der Waals surface area (Å²) in [6, 6.07) is 3.08. The third-order valence-electron chi connectivity index (χ3n) is 3.17. The fourth-order valence-electron chi connectivity index (χ4n) is 1.86. The van der Waals surface area contributed by atoms with Crippen LogP contribution in [0.1, 0.15) is 23.8 Å². The Balaban J connectivity index is 1.96. The maximum Gasteiger partial charge on any atom is 0.270 e. The fourth-order valence-corrected chi connectivity index (χ4v) is 2.02. The van der Waals surface area contributed by atoms with Crippen molar-refractivity contribution in [3.63, 3.8) is 0 Å². The van der Waals surface area contributed by atoms with Crippen molar-refractivity contribution in [1.29, 1.82) is 0 Å². The molecule has 0 saturated carbocycles. The number of nitrogens with one attached hydrogen (secondary N) is 1. The second-order valence-corrected chi connectivity index (χ2v) is 4.85. The molecule has 1 fully saturated rings. The van der Waals surface area contributed by atoms with Gasteiger partial charge in [-0.3, -0.25) is 9.78 Å². The number of aliphatic hydroxyl groups is 1. The standard InChI is InChI=1S/C12H15ClN2O3/c1-8-12(17,3-5-18-8)7-15-11(16)10-6-9(13)2-4-14-10/h2,4,6,8,17H,3,5,7H2,1H3,(H,15,16). The van der Waals surface area contributed by atoms with Gasteiger partial charge in [-0.25, -0.2) is 0 Å². The van der Waals surface area contributed by atoms with E-state index in [2.05, 4.69) is 10.3 Å². The van der Waals surface area contributed by atoms with E-state index in [0.717, 1.165) is 0 Å². The number of nitrogens with zero attached hydrogens (tertiary/aromatic N) is 1. The zero-order valence-corrected chi connectivity index (χ0v) is 10.8. The monoisotopic (exact) mass is 270 g/mol. The van der Waals surface area contributed by atoms with Crippen LogP contribution in [-0.4, -0.2) is 40.9 Å². The van der Waals surface area contributed by atoms with Gasteiger partial charge in [0.1, 0.15) is 11.3 Å². The number of amides is 1. The fraction of sp³-hybridized carbons (Fsp3) is 0.500. The Morgan fingerprint density at radius 1 is 1.78 bits per heavy atom.